The molecule has 0 amide bonds. The summed E-state index contributed by atoms with van der Waals surface area (Å²) in [4.78, 5) is 0. The highest BCUT2D eigenvalue weighted by Crippen LogP contribution is 2.20. The van der Waals surface area contributed by atoms with Crippen LogP contribution in [-0.2, 0) is 12.8 Å². The number of benzene rings is 2. The van der Waals surface area contributed by atoms with E-state index in [-0.39, 0.29) is 17.5 Å². The molecule has 0 aliphatic rings. The Kier molecular flexibility index (Phi) is 5.16. The second-order valence-corrected chi connectivity index (χ2v) is 5.60. The molecule has 1 nitrogen and oxygen atoms in total. The Balaban J connectivity index is 2.07. The van der Waals surface area contributed by atoms with Crippen molar-refractivity contribution in [3.8, 4) is 0 Å². The van der Waals surface area contributed by atoms with Gasteiger partial charge in [-0.05, 0) is 48.9 Å². The van der Waals surface area contributed by atoms with Crippen molar-refractivity contribution in [3.05, 3.63) is 70.0 Å². The molecule has 2 aromatic rings. The van der Waals surface area contributed by atoms with E-state index in [1.165, 1.54) is 17.2 Å². The summed E-state index contributed by atoms with van der Waals surface area (Å²) in [5.74, 6) is -0.325. The van der Waals surface area contributed by atoms with Crippen molar-refractivity contribution < 1.29 is 9.50 Å². The van der Waals surface area contributed by atoms with Crippen LogP contribution in [0.15, 0.2) is 42.5 Å². The van der Waals surface area contributed by atoms with Crippen molar-refractivity contribution in [2.24, 2.45) is 5.92 Å². The number of halogens is 2. The Morgan fingerprint density at radius 3 is 2.40 bits per heavy atom. The molecule has 106 valence electrons. The minimum Gasteiger partial charge on any atom is -0.396 e. The molecule has 0 aliphatic carbocycles. The Bertz CT molecular complexity index is 583. The van der Waals surface area contributed by atoms with Crippen LogP contribution in [0.2, 0.25) is 5.02 Å². The lowest BCUT2D eigenvalue weighted by Gasteiger charge is -2.15. The average Bonchev–Trinajstić information content (AvgIpc) is 2.42. The fraction of sp³-hybridized carbons (Fsp3) is 0.294. The van der Waals surface area contributed by atoms with Crippen molar-refractivity contribution in [2.75, 3.05) is 6.61 Å². The summed E-state index contributed by atoms with van der Waals surface area (Å²) in [6.45, 7) is 2.13. The van der Waals surface area contributed by atoms with E-state index in [1.54, 1.807) is 6.07 Å². The normalized spacial score (nSPS) is 12.4. The van der Waals surface area contributed by atoms with Crippen LogP contribution in [0, 0.1) is 18.7 Å². The molecule has 20 heavy (non-hydrogen) atoms. The first-order valence-corrected chi connectivity index (χ1v) is 7.06. The summed E-state index contributed by atoms with van der Waals surface area (Å²) in [7, 11) is 0. The molecule has 0 bridgehead atoms. The Hall–Kier alpha value is -1.38. The number of rotatable bonds is 5. The Labute approximate surface area is 124 Å². The van der Waals surface area contributed by atoms with Crippen LogP contribution in [0.1, 0.15) is 16.7 Å². The molecule has 1 N–H and O–H groups in total. The van der Waals surface area contributed by atoms with Crippen LogP contribution >= 0.6 is 11.6 Å². The lowest BCUT2D eigenvalue weighted by atomic mass is 9.92. The minimum absolute atomic E-state index is 0.0809. The smallest absolute Gasteiger partial charge is 0.142 e. The third kappa shape index (κ3) is 4.06. The number of hydrogen-bond acceptors (Lipinski definition) is 1. The zero-order chi connectivity index (χ0) is 14.5. The van der Waals surface area contributed by atoms with E-state index in [4.69, 9.17) is 11.6 Å². The summed E-state index contributed by atoms with van der Waals surface area (Å²) < 4.78 is 13.4. The molecule has 0 saturated heterocycles. The second-order valence-electron chi connectivity index (χ2n) is 5.19. The van der Waals surface area contributed by atoms with Gasteiger partial charge in [-0.25, -0.2) is 4.39 Å². The monoisotopic (exact) mass is 292 g/mol. The second kappa shape index (κ2) is 6.87. The summed E-state index contributed by atoms with van der Waals surface area (Å²) in [6, 6.07) is 13.1. The number of aryl methyl sites for hydroxylation is 1. The molecule has 2 aromatic carbocycles. The highest BCUT2D eigenvalue weighted by Gasteiger charge is 2.11. The predicted octanol–water partition coefficient (Wildman–Crippen LogP) is 4.18. The van der Waals surface area contributed by atoms with Gasteiger partial charge in [-0.15, -0.1) is 0 Å². The molecular weight excluding hydrogens is 275 g/mol. The van der Waals surface area contributed by atoms with Crippen LogP contribution in [-0.4, -0.2) is 11.7 Å². The van der Waals surface area contributed by atoms with E-state index in [0.717, 1.165) is 12.0 Å². The van der Waals surface area contributed by atoms with Gasteiger partial charge in [0.15, 0.2) is 0 Å². The average molecular weight is 293 g/mol. The SMILES string of the molecule is Cc1cccc(CC(CO)Cc2ccc(Cl)c(F)c2)c1. The molecule has 0 radical (unpaired) electrons. The van der Waals surface area contributed by atoms with Gasteiger partial charge in [0, 0.05) is 6.61 Å². The maximum atomic E-state index is 13.4. The van der Waals surface area contributed by atoms with E-state index in [1.807, 2.05) is 25.1 Å². The van der Waals surface area contributed by atoms with Gasteiger partial charge < -0.3 is 5.11 Å². The number of aliphatic hydroxyl groups is 1. The first-order chi connectivity index (χ1) is 9.58. The van der Waals surface area contributed by atoms with Crippen molar-refractivity contribution in [1.82, 2.24) is 0 Å². The summed E-state index contributed by atoms with van der Waals surface area (Å²) in [6.07, 6.45) is 1.42. The molecule has 0 fully saturated rings. The molecule has 0 saturated carbocycles. The van der Waals surface area contributed by atoms with Gasteiger partial charge in [-0.3, -0.25) is 0 Å². The molecule has 0 heterocycles. The summed E-state index contributed by atoms with van der Waals surface area (Å²) in [5, 5.41) is 9.65. The lowest BCUT2D eigenvalue weighted by Crippen LogP contribution is -2.13. The third-order valence-corrected chi connectivity index (χ3v) is 3.68. The van der Waals surface area contributed by atoms with Crippen LogP contribution < -0.4 is 0 Å². The van der Waals surface area contributed by atoms with Gasteiger partial charge in [0.1, 0.15) is 5.82 Å². The summed E-state index contributed by atoms with van der Waals surface area (Å²) in [5.41, 5.74) is 3.26. The van der Waals surface area contributed by atoms with Crippen molar-refractivity contribution in [2.45, 2.75) is 19.8 Å². The van der Waals surface area contributed by atoms with Gasteiger partial charge >= 0.3 is 0 Å². The highest BCUT2D eigenvalue weighted by molar-refractivity contribution is 6.30. The number of aliphatic hydroxyl groups excluding tert-OH is 1. The molecule has 1 unspecified atom stereocenters. The molecule has 0 spiro atoms. The van der Waals surface area contributed by atoms with E-state index in [2.05, 4.69) is 12.1 Å². The molecule has 3 heteroatoms. The van der Waals surface area contributed by atoms with Gasteiger partial charge in [0.25, 0.3) is 0 Å². The number of hydrogen-bond donors (Lipinski definition) is 1. The quantitative estimate of drug-likeness (QED) is 0.876. The highest BCUT2D eigenvalue weighted by atomic mass is 35.5. The lowest BCUT2D eigenvalue weighted by molar-refractivity contribution is 0.225. The zero-order valence-electron chi connectivity index (χ0n) is 11.4. The Morgan fingerprint density at radius 1 is 1.10 bits per heavy atom. The third-order valence-electron chi connectivity index (χ3n) is 3.37. The van der Waals surface area contributed by atoms with Gasteiger partial charge in [0.2, 0.25) is 0 Å². The minimum atomic E-state index is -0.406. The first-order valence-electron chi connectivity index (χ1n) is 6.69. The van der Waals surface area contributed by atoms with Crippen molar-refractivity contribution in [1.29, 1.82) is 0 Å². The van der Waals surface area contributed by atoms with E-state index in [9.17, 15) is 9.50 Å². The predicted molar refractivity (Wildman–Crippen MR) is 80.6 cm³/mol. The van der Waals surface area contributed by atoms with E-state index in [0.29, 0.717) is 6.42 Å². The molecule has 2 rings (SSSR count). The molecular formula is C17H18ClFO. The van der Waals surface area contributed by atoms with Gasteiger partial charge in [-0.2, -0.15) is 0 Å². The molecule has 0 aromatic heterocycles. The standard InChI is InChI=1S/C17H18ClFO/c1-12-3-2-4-13(7-12)8-15(11-20)9-14-5-6-16(18)17(19)10-14/h2-7,10,15,20H,8-9,11H2,1H3. The van der Waals surface area contributed by atoms with Crippen molar-refractivity contribution >= 4 is 11.6 Å². The van der Waals surface area contributed by atoms with Gasteiger partial charge in [-0.1, -0.05) is 47.5 Å². The fourth-order valence-electron chi connectivity index (χ4n) is 2.37. The van der Waals surface area contributed by atoms with E-state index < -0.39 is 5.82 Å². The van der Waals surface area contributed by atoms with Crippen molar-refractivity contribution in [3.63, 3.8) is 0 Å². The largest absolute Gasteiger partial charge is 0.396 e. The maximum Gasteiger partial charge on any atom is 0.142 e. The van der Waals surface area contributed by atoms with Crippen LogP contribution in [0.3, 0.4) is 0 Å². The van der Waals surface area contributed by atoms with E-state index >= 15 is 0 Å². The zero-order valence-corrected chi connectivity index (χ0v) is 12.2. The molecule has 0 aliphatic heterocycles. The molecule has 1 atom stereocenters. The first kappa shape index (κ1) is 15.0. The van der Waals surface area contributed by atoms with Crippen LogP contribution in [0.25, 0.3) is 0 Å². The van der Waals surface area contributed by atoms with Crippen LogP contribution in [0.5, 0.6) is 0 Å². The fourth-order valence-corrected chi connectivity index (χ4v) is 2.49. The van der Waals surface area contributed by atoms with Gasteiger partial charge in [0.05, 0.1) is 5.02 Å². The topological polar surface area (TPSA) is 20.2 Å². The van der Waals surface area contributed by atoms with Crippen LogP contribution in [0.4, 0.5) is 4.39 Å². The summed E-state index contributed by atoms with van der Waals surface area (Å²) >= 11 is 5.67. The maximum absolute atomic E-state index is 13.4. The Morgan fingerprint density at radius 2 is 1.80 bits per heavy atom.